The number of carboxylic acids is 1. The summed E-state index contributed by atoms with van der Waals surface area (Å²) in [5.41, 5.74) is 0.469. The summed E-state index contributed by atoms with van der Waals surface area (Å²) in [7, 11) is 0. The molecule has 0 radical (unpaired) electrons. The van der Waals surface area contributed by atoms with E-state index in [2.05, 4.69) is 9.97 Å². The SMILES string of the molecule is O=C(O)C1CC2CCCCC2N1C(=O)c1ccnc(-n2ccnc2)c1. The van der Waals surface area contributed by atoms with Crippen LogP contribution in [0.25, 0.3) is 5.82 Å². The fourth-order valence-electron chi connectivity index (χ4n) is 4.21. The Morgan fingerprint density at radius 1 is 1.20 bits per heavy atom. The third-order valence-electron chi connectivity index (χ3n) is 5.37. The molecule has 1 N–H and O–H groups in total. The normalized spacial score (nSPS) is 25.6. The van der Waals surface area contributed by atoms with Gasteiger partial charge in [-0.2, -0.15) is 0 Å². The molecule has 1 aliphatic heterocycles. The van der Waals surface area contributed by atoms with E-state index in [1.54, 1.807) is 46.5 Å². The summed E-state index contributed by atoms with van der Waals surface area (Å²) < 4.78 is 1.72. The van der Waals surface area contributed by atoms with Crippen LogP contribution in [0.4, 0.5) is 0 Å². The molecule has 3 heterocycles. The number of likely N-dealkylation sites (tertiary alicyclic amines) is 1. The van der Waals surface area contributed by atoms with Crippen molar-refractivity contribution in [1.82, 2.24) is 19.4 Å². The molecule has 1 aliphatic carbocycles. The van der Waals surface area contributed by atoms with Gasteiger partial charge in [-0.1, -0.05) is 12.8 Å². The second-order valence-corrected chi connectivity index (χ2v) is 6.79. The van der Waals surface area contributed by atoms with Gasteiger partial charge < -0.3 is 10.0 Å². The summed E-state index contributed by atoms with van der Waals surface area (Å²) in [5.74, 6) is -0.236. The summed E-state index contributed by atoms with van der Waals surface area (Å²) in [4.78, 5) is 34.7. The average molecular weight is 340 g/mol. The number of carboxylic acid groups (broad SMARTS) is 1. The first kappa shape index (κ1) is 15.8. The molecule has 2 aromatic heterocycles. The first-order valence-electron chi connectivity index (χ1n) is 8.65. The van der Waals surface area contributed by atoms with Crippen molar-refractivity contribution in [3.8, 4) is 5.82 Å². The van der Waals surface area contributed by atoms with E-state index in [0.717, 1.165) is 25.7 Å². The van der Waals surface area contributed by atoms with E-state index in [-0.39, 0.29) is 11.9 Å². The highest BCUT2D eigenvalue weighted by Crippen LogP contribution is 2.40. The van der Waals surface area contributed by atoms with E-state index in [1.807, 2.05) is 0 Å². The lowest BCUT2D eigenvalue weighted by atomic mass is 9.84. The number of aromatic nitrogens is 3. The number of amides is 1. The van der Waals surface area contributed by atoms with E-state index in [4.69, 9.17) is 0 Å². The van der Waals surface area contributed by atoms with Crippen LogP contribution in [0.3, 0.4) is 0 Å². The Bertz CT molecular complexity index is 789. The molecule has 1 amide bonds. The van der Waals surface area contributed by atoms with E-state index in [0.29, 0.717) is 23.7 Å². The summed E-state index contributed by atoms with van der Waals surface area (Å²) in [6.07, 6.45) is 11.2. The number of carbonyl (C=O) groups excluding carboxylic acids is 1. The maximum atomic E-state index is 13.1. The van der Waals surface area contributed by atoms with Crippen LogP contribution in [0.15, 0.2) is 37.1 Å². The lowest BCUT2D eigenvalue weighted by Crippen LogP contribution is -2.46. The fraction of sp³-hybridized carbons (Fsp3) is 0.444. The Morgan fingerprint density at radius 3 is 2.80 bits per heavy atom. The number of pyridine rings is 1. The third-order valence-corrected chi connectivity index (χ3v) is 5.37. The Morgan fingerprint density at radius 2 is 2.04 bits per heavy atom. The molecule has 0 bridgehead atoms. The molecule has 3 atom stereocenters. The summed E-state index contributed by atoms with van der Waals surface area (Å²) in [6, 6.07) is 2.65. The van der Waals surface area contributed by atoms with Gasteiger partial charge >= 0.3 is 5.97 Å². The number of hydrogen-bond acceptors (Lipinski definition) is 4. The Kier molecular flexibility index (Phi) is 3.99. The topological polar surface area (TPSA) is 88.3 Å². The molecular weight excluding hydrogens is 320 g/mol. The van der Waals surface area contributed by atoms with Crippen molar-refractivity contribution in [3.63, 3.8) is 0 Å². The zero-order valence-corrected chi connectivity index (χ0v) is 13.8. The van der Waals surface area contributed by atoms with Crippen molar-refractivity contribution in [2.24, 2.45) is 5.92 Å². The number of imidazole rings is 1. The van der Waals surface area contributed by atoms with Crippen molar-refractivity contribution in [1.29, 1.82) is 0 Å². The third kappa shape index (κ3) is 2.79. The number of aliphatic carboxylic acids is 1. The van der Waals surface area contributed by atoms with E-state index >= 15 is 0 Å². The number of hydrogen-bond donors (Lipinski definition) is 1. The lowest BCUT2D eigenvalue weighted by Gasteiger charge is -2.33. The number of rotatable bonds is 3. The van der Waals surface area contributed by atoms with E-state index in [9.17, 15) is 14.7 Å². The number of fused-ring (bicyclic) bond motifs is 1. The van der Waals surface area contributed by atoms with Crippen LogP contribution in [0.2, 0.25) is 0 Å². The van der Waals surface area contributed by atoms with Gasteiger partial charge in [0.15, 0.2) is 0 Å². The monoisotopic (exact) mass is 340 g/mol. The van der Waals surface area contributed by atoms with Gasteiger partial charge in [0.25, 0.3) is 5.91 Å². The van der Waals surface area contributed by atoms with Crippen LogP contribution in [-0.2, 0) is 4.79 Å². The largest absolute Gasteiger partial charge is 0.480 e. The molecule has 0 spiro atoms. The quantitative estimate of drug-likeness (QED) is 0.924. The van der Waals surface area contributed by atoms with Gasteiger partial charge in [-0.05, 0) is 37.3 Å². The smallest absolute Gasteiger partial charge is 0.326 e. The second kappa shape index (κ2) is 6.31. The number of nitrogens with zero attached hydrogens (tertiary/aromatic N) is 4. The maximum Gasteiger partial charge on any atom is 0.326 e. The molecule has 7 nitrogen and oxygen atoms in total. The van der Waals surface area contributed by atoms with Crippen molar-refractivity contribution in [3.05, 3.63) is 42.6 Å². The molecule has 4 rings (SSSR count). The molecule has 0 aromatic carbocycles. The first-order valence-corrected chi connectivity index (χ1v) is 8.65. The standard InChI is InChI=1S/C18H20N4O3/c23-17(13-5-6-20-16(10-13)21-8-7-19-11-21)22-14-4-2-1-3-12(14)9-15(22)18(24)25/h5-8,10-12,14-15H,1-4,9H2,(H,24,25). The molecule has 2 aromatic rings. The van der Waals surface area contributed by atoms with E-state index < -0.39 is 12.0 Å². The minimum Gasteiger partial charge on any atom is -0.480 e. The molecule has 130 valence electrons. The van der Waals surface area contributed by atoms with Gasteiger partial charge in [-0.3, -0.25) is 9.36 Å². The minimum atomic E-state index is -0.911. The minimum absolute atomic E-state index is 0.0345. The highest BCUT2D eigenvalue weighted by atomic mass is 16.4. The fourth-order valence-corrected chi connectivity index (χ4v) is 4.21. The highest BCUT2D eigenvalue weighted by Gasteiger charge is 2.47. The Labute approximate surface area is 145 Å². The van der Waals surface area contributed by atoms with Gasteiger partial charge in [-0.25, -0.2) is 14.8 Å². The zero-order chi connectivity index (χ0) is 17.4. The van der Waals surface area contributed by atoms with Crippen LogP contribution in [0.5, 0.6) is 0 Å². The van der Waals surface area contributed by atoms with Crippen molar-refractivity contribution >= 4 is 11.9 Å². The molecule has 1 saturated carbocycles. The summed E-state index contributed by atoms with van der Waals surface area (Å²) in [6.45, 7) is 0. The van der Waals surface area contributed by atoms with Crippen molar-refractivity contribution in [2.45, 2.75) is 44.2 Å². The van der Waals surface area contributed by atoms with Crippen LogP contribution in [0, 0.1) is 5.92 Å². The highest BCUT2D eigenvalue weighted by molar-refractivity contribution is 5.97. The van der Waals surface area contributed by atoms with Gasteiger partial charge in [0.1, 0.15) is 18.2 Å². The van der Waals surface area contributed by atoms with Crippen molar-refractivity contribution < 1.29 is 14.7 Å². The molecular formula is C18H20N4O3. The van der Waals surface area contributed by atoms with Crippen LogP contribution in [0.1, 0.15) is 42.5 Å². The van der Waals surface area contributed by atoms with Crippen LogP contribution < -0.4 is 0 Å². The molecule has 1 saturated heterocycles. The van der Waals surface area contributed by atoms with Gasteiger partial charge in [0.05, 0.1) is 0 Å². The Balaban J connectivity index is 1.67. The molecule has 25 heavy (non-hydrogen) atoms. The van der Waals surface area contributed by atoms with Crippen LogP contribution in [-0.4, -0.2) is 48.5 Å². The predicted molar refractivity (Wildman–Crippen MR) is 89.3 cm³/mol. The maximum absolute atomic E-state index is 13.1. The van der Waals surface area contributed by atoms with E-state index in [1.165, 1.54) is 0 Å². The Hall–Kier alpha value is -2.70. The second-order valence-electron chi connectivity index (χ2n) is 6.79. The molecule has 2 aliphatic rings. The van der Waals surface area contributed by atoms with Gasteiger partial charge in [0, 0.05) is 30.2 Å². The molecule has 7 heteroatoms. The van der Waals surface area contributed by atoms with Crippen molar-refractivity contribution in [2.75, 3.05) is 0 Å². The first-order chi connectivity index (χ1) is 12.1. The van der Waals surface area contributed by atoms with Crippen LogP contribution >= 0.6 is 0 Å². The lowest BCUT2D eigenvalue weighted by molar-refractivity contribution is -0.141. The van der Waals surface area contributed by atoms with Gasteiger partial charge in [0.2, 0.25) is 0 Å². The summed E-state index contributed by atoms with van der Waals surface area (Å²) in [5, 5.41) is 9.61. The summed E-state index contributed by atoms with van der Waals surface area (Å²) >= 11 is 0. The number of carbonyl (C=O) groups is 2. The van der Waals surface area contributed by atoms with Gasteiger partial charge in [-0.15, -0.1) is 0 Å². The average Bonchev–Trinajstić information content (AvgIpc) is 3.29. The zero-order valence-electron chi connectivity index (χ0n) is 13.8. The molecule has 2 fully saturated rings. The molecule has 3 unspecified atom stereocenters. The predicted octanol–water partition coefficient (Wildman–Crippen LogP) is 2.13.